The minimum atomic E-state index is -0.333. The highest BCUT2D eigenvalue weighted by molar-refractivity contribution is 5.95. The average Bonchev–Trinajstić information content (AvgIpc) is 3.21. The SMILES string of the molecule is Cc1cc(F)cc2c(NCc3ccnc(N4CCCC4)c3)c(C#N)cnc12. The molecule has 0 spiro atoms. The Bertz CT molecular complexity index is 1030. The van der Waals surface area contributed by atoms with Gasteiger partial charge in [-0.15, -0.1) is 0 Å². The summed E-state index contributed by atoms with van der Waals surface area (Å²) < 4.78 is 13.9. The molecule has 2 aromatic heterocycles. The van der Waals surface area contributed by atoms with Gasteiger partial charge in [0.25, 0.3) is 0 Å². The van der Waals surface area contributed by atoms with Crippen LogP contribution in [0.3, 0.4) is 0 Å². The molecule has 0 unspecified atom stereocenters. The molecular weight excluding hydrogens is 341 g/mol. The third-order valence-electron chi connectivity index (χ3n) is 4.96. The Balaban J connectivity index is 1.66. The van der Waals surface area contributed by atoms with E-state index >= 15 is 0 Å². The summed E-state index contributed by atoms with van der Waals surface area (Å²) in [6, 6.07) is 9.06. The van der Waals surface area contributed by atoms with Crippen molar-refractivity contribution in [1.29, 1.82) is 5.26 Å². The van der Waals surface area contributed by atoms with Gasteiger partial charge in [0.2, 0.25) is 0 Å². The molecular formula is C21H20FN5. The number of hydrogen-bond donors (Lipinski definition) is 1. The number of nitrogens with zero attached hydrogens (tertiary/aromatic N) is 4. The summed E-state index contributed by atoms with van der Waals surface area (Å²) in [5.41, 5.74) is 3.53. The van der Waals surface area contributed by atoms with E-state index in [-0.39, 0.29) is 5.82 Å². The summed E-state index contributed by atoms with van der Waals surface area (Å²) in [5, 5.41) is 13.4. The van der Waals surface area contributed by atoms with Crippen molar-refractivity contribution in [1.82, 2.24) is 9.97 Å². The molecule has 27 heavy (non-hydrogen) atoms. The highest BCUT2D eigenvalue weighted by atomic mass is 19.1. The van der Waals surface area contributed by atoms with Gasteiger partial charge in [-0.05, 0) is 55.2 Å². The zero-order valence-corrected chi connectivity index (χ0v) is 15.2. The van der Waals surface area contributed by atoms with E-state index in [1.54, 1.807) is 0 Å². The molecule has 0 saturated carbocycles. The van der Waals surface area contributed by atoms with Crippen LogP contribution in [0, 0.1) is 24.1 Å². The molecule has 1 fully saturated rings. The van der Waals surface area contributed by atoms with Gasteiger partial charge in [-0.1, -0.05) is 0 Å². The van der Waals surface area contributed by atoms with Crippen molar-refractivity contribution in [2.24, 2.45) is 0 Å². The second-order valence-electron chi connectivity index (χ2n) is 6.85. The summed E-state index contributed by atoms with van der Waals surface area (Å²) in [6.45, 7) is 4.41. The Labute approximate surface area is 157 Å². The number of anilines is 2. The molecule has 0 bridgehead atoms. The van der Waals surface area contributed by atoms with Crippen molar-refractivity contribution < 1.29 is 4.39 Å². The van der Waals surface area contributed by atoms with Crippen LogP contribution in [-0.4, -0.2) is 23.1 Å². The van der Waals surface area contributed by atoms with Gasteiger partial charge in [-0.25, -0.2) is 9.37 Å². The van der Waals surface area contributed by atoms with Crippen molar-refractivity contribution >= 4 is 22.4 Å². The Morgan fingerprint density at radius 2 is 2.04 bits per heavy atom. The minimum absolute atomic E-state index is 0.333. The molecule has 1 N–H and O–H groups in total. The topological polar surface area (TPSA) is 64.8 Å². The summed E-state index contributed by atoms with van der Waals surface area (Å²) >= 11 is 0. The molecule has 1 aliphatic heterocycles. The molecule has 1 saturated heterocycles. The first-order valence-corrected chi connectivity index (χ1v) is 9.08. The first kappa shape index (κ1) is 17.2. The normalized spacial score (nSPS) is 13.7. The number of benzene rings is 1. The first-order valence-electron chi connectivity index (χ1n) is 9.08. The molecule has 5 nitrogen and oxygen atoms in total. The molecule has 3 aromatic rings. The molecule has 6 heteroatoms. The minimum Gasteiger partial charge on any atom is -0.379 e. The van der Waals surface area contributed by atoms with Gasteiger partial charge in [0, 0.05) is 37.4 Å². The Kier molecular flexibility index (Phi) is 4.59. The van der Waals surface area contributed by atoms with E-state index in [2.05, 4.69) is 32.3 Å². The average molecular weight is 361 g/mol. The van der Waals surface area contributed by atoms with Crippen LogP contribution < -0.4 is 10.2 Å². The van der Waals surface area contributed by atoms with E-state index in [9.17, 15) is 9.65 Å². The molecule has 0 aliphatic carbocycles. The van der Waals surface area contributed by atoms with Gasteiger partial charge in [-0.2, -0.15) is 5.26 Å². The largest absolute Gasteiger partial charge is 0.379 e. The Morgan fingerprint density at radius 1 is 1.22 bits per heavy atom. The quantitative estimate of drug-likeness (QED) is 0.756. The lowest BCUT2D eigenvalue weighted by molar-refractivity contribution is 0.628. The summed E-state index contributed by atoms with van der Waals surface area (Å²) in [7, 11) is 0. The number of aromatic nitrogens is 2. The fraction of sp³-hybridized carbons (Fsp3) is 0.286. The molecule has 0 atom stereocenters. The van der Waals surface area contributed by atoms with Crippen LogP contribution in [0.2, 0.25) is 0 Å². The van der Waals surface area contributed by atoms with Gasteiger partial charge in [0.05, 0.1) is 16.8 Å². The standard InChI is InChI=1S/C21H20FN5/c1-14-8-17(22)10-18-20(14)26-13-16(11-23)21(18)25-12-15-4-5-24-19(9-15)27-6-2-3-7-27/h4-5,8-10,13H,2-3,6-7,12H2,1H3,(H,25,26). The zero-order chi connectivity index (χ0) is 18.8. The third kappa shape index (κ3) is 3.41. The zero-order valence-electron chi connectivity index (χ0n) is 15.2. The fourth-order valence-corrected chi connectivity index (χ4v) is 3.59. The number of halogens is 1. The molecule has 0 radical (unpaired) electrons. The van der Waals surface area contributed by atoms with Gasteiger partial charge in [-0.3, -0.25) is 4.98 Å². The highest BCUT2D eigenvalue weighted by Gasteiger charge is 2.15. The smallest absolute Gasteiger partial charge is 0.128 e. The van der Waals surface area contributed by atoms with Gasteiger partial charge < -0.3 is 10.2 Å². The molecule has 136 valence electrons. The van der Waals surface area contributed by atoms with Gasteiger partial charge in [0.15, 0.2) is 0 Å². The van der Waals surface area contributed by atoms with Crippen LogP contribution in [0.15, 0.2) is 36.7 Å². The molecule has 0 amide bonds. The second-order valence-corrected chi connectivity index (χ2v) is 6.85. The van der Waals surface area contributed by atoms with Crippen LogP contribution in [0.1, 0.15) is 29.5 Å². The fourth-order valence-electron chi connectivity index (χ4n) is 3.59. The monoisotopic (exact) mass is 361 g/mol. The lowest BCUT2D eigenvalue weighted by Crippen LogP contribution is -2.19. The molecule has 4 rings (SSSR count). The Hall–Kier alpha value is -3.20. The lowest BCUT2D eigenvalue weighted by atomic mass is 10.1. The van der Waals surface area contributed by atoms with E-state index in [4.69, 9.17) is 0 Å². The van der Waals surface area contributed by atoms with Gasteiger partial charge >= 0.3 is 0 Å². The number of pyridine rings is 2. The molecule has 1 aliphatic rings. The summed E-state index contributed by atoms with van der Waals surface area (Å²) in [4.78, 5) is 11.1. The maximum Gasteiger partial charge on any atom is 0.128 e. The number of nitriles is 1. The van der Waals surface area contributed by atoms with E-state index in [0.29, 0.717) is 28.7 Å². The predicted molar refractivity (Wildman–Crippen MR) is 104 cm³/mol. The highest BCUT2D eigenvalue weighted by Crippen LogP contribution is 2.29. The third-order valence-corrected chi connectivity index (χ3v) is 4.96. The molecule has 3 heterocycles. The van der Waals surface area contributed by atoms with Gasteiger partial charge in [0.1, 0.15) is 17.7 Å². The van der Waals surface area contributed by atoms with E-state index < -0.39 is 0 Å². The van der Waals surface area contributed by atoms with Crippen molar-refractivity contribution in [2.45, 2.75) is 26.3 Å². The number of rotatable bonds is 4. The van der Waals surface area contributed by atoms with Crippen molar-refractivity contribution in [3.8, 4) is 6.07 Å². The number of aryl methyl sites for hydroxylation is 1. The van der Waals surface area contributed by atoms with E-state index in [1.165, 1.54) is 31.2 Å². The van der Waals surface area contributed by atoms with Crippen LogP contribution in [0.5, 0.6) is 0 Å². The van der Waals surface area contributed by atoms with Crippen molar-refractivity contribution in [2.75, 3.05) is 23.3 Å². The Morgan fingerprint density at radius 3 is 2.81 bits per heavy atom. The summed E-state index contributed by atoms with van der Waals surface area (Å²) in [5.74, 6) is 0.647. The first-order chi connectivity index (χ1) is 13.2. The second kappa shape index (κ2) is 7.20. The van der Waals surface area contributed by atoms with Crippen molar-refractivity contribution in [3.05, 3.63) is 59.2 Å². The maximum atomic E-state index is 13.9. The summed E-state index contributed by atoms with van der Waals surface area (Å²) in [6.07, 6.45) is 5.75. The van der Waals surface area contributed by atoms with Crippen LogP contribution in [0.25, 0.3) is 10.9 Å². The van der Waals surface area contributed by atoms with E-state index in [1.807, 2.05) is 19.2 Å². The maximum absolute atomic E-state index is 13.9. The lowest BCUT2D eigenvalue weighted by Gasteiger charge is -2.17. The van der Waals surface area contributed by atoms with Crippen LogP contribution in [-0.2, 0) is 6.54 Å². The predicted octanol–water partition coefficient (Wildman–Crippen LogP) is 4.16. The number of hydrogen-bond acceptors (Lipinski definition) is 5. The number of nitrogens with one attached hydrogen (secondary N) is 1. The molecule has 1 aromatic carbocycles. The number of fused-ring (bicyclic) bond motifs is 1. The van der Waals surface area contributed by atoms with Crippen LogP contribution >= 0.6 is 0 Å². The van der Waals surface area contributed by atoms with E-state index in [0.717, 1.165) is 30.0 Å². The van der Waals surface area contributed by atoms with Crippen LogP contribution in [0.4, 0.5) is 15.9 Å². The van der Waals surface area contributed by atoms with Crippen molar-refractivity contribution in [3.63, 3.8) is 0 Å².